The average Bonchev–Trinajstić information content (AvgIpc) is 2.53. The van der Waals surface area contributed by atoms with E-state index in [0.717, 1.165) is 30.0 Å². The number of hydrogen-bond acceptors (Lipinski definition) is 4. The Morgan fingerprint density at radius 1 is 1.40 bits per heavy atom. The van der Waals surface area contributed by atoms with Gasteiger partial charge in [-0.25, -0.2) is 0 Å². The molecule has 1 amide bonds. The van der Waals surface area contributed by atoms with Crippen molar-refractivity contribution in [1.29, 1.82) is 0 Å². The number of carbonyl (C=O) groups is 1. The number of carbonyl (C=O) groups excluding carboxylic acids is 1. The number of piperidine rings is 1. The Kier molecular flexibility index (Phi) is 5.73. The van der Waals surface area contributed by atoms with Gasteiger partial charge in [0.25, 0.3) is 0 Å². The molecule has 1 atom stereocenters. The van der Waals surface area contributed by atoms with E-state index in [9.17, 15) is 4.79 Å². The maximum atomic E-state index is 12.3. The summed E-state index contributed by atoms with van der Waals surface area (Å²) in [7, 11) is 1.65. The van der Waals surface area contributed by atoms with E-state index >= 15 is 0 Å². The molecule has 1 unspecified atom stereocenters. The number of nitrogens with zero attached hydrogens (tertiary/aromatic N) is 1. The third kappa shape index (κ3) is 3.90. The van der Waals surface area contributed by atoms with E-state index in [4.69, 9.17) is 10.5 Å². The Hall–Kier alpha value is -1.20. The normalized spacial score (nSPS) is 18.9. The van der Waals surface area contributed by atoms with Gasteiger partial charge in [-0.3, -0.25) is 4.79 Å². The monoisotopic (exact) mass is 294 g/mol. The maximum absolute atomic E-state index is 12.3. The van der Waals surface area contributed by atoms with Gasteiger partial charge in [-0.05, 0) is 43.5 Å². The molecule has 0 bridgehead atoms. The second-order valence-electron chi connectivity index (χ2n) is 4.94. The van der Waals surface area contributed by atoms with Crippen molar-refractivity contribution in [1.82, 2.24) is 4.90 Å². The third-order valence-corrected chi connectivity index (χ3v) is 4.64. The van der Waals surface area contributed by atoms with Crippen LogP contribution in [-0.4, -0.2) is 42.8 Å². The summed E-state index contributed by atoms with van der Waals surface area (Å²) in [4.78, 5) is 15.3. The smallest absolute Gasteiger partial charge is 0.233 e. The fraction of sp³-hybridized carbons (Fsp3) is 0.533. The molecule has 1 fully saturated rings. The van der Waals surface area contributed by atoms with Crippen LogP contribution in [0.5, 0.6) is 5.75 Å². The van der Waals surface area contributed by atoms with Crippen molar-refractivity contribution >= 4 is 17.7 Å². The number of methoxy groups -OCH3 is 1. The number of rotatable bonds is 5. The standard InChI is InChI=1S/C15H22N2O2S/c1-19-13-5-7-14(8-6-13)20-11-15(18)17-9-3-2-4-12(17)10-16/h5-8,12H,2-4,9-11,16H2,1H3. The highest BCUT2D eigenvalue weighted by Crippen LogP contribution is 2.23. The van der Waals surface area contributed by atoms with Gasteiger partial charge >= 0.3 is 0 Å². The van der Waals surface area contributed by atoms with Crippen LogP contribution in [0.25, 0.3) is 0 Å². The van der Waals surface area contributed by atoms with Crippen molar-refractivity contribution < 1.29 is 9.53 Å². The van der Waals surface area contributed by atoms with Crippen molar-refractivity contribution in [2.24, 2.45) is 5.73 Å². The third-order valence-electron chi connectivity index (χ3n) is 3.64. The molecular formula is C15H22N2O2S. The number of likely N-dealkylation sites (tertiary alicyclic amines) is 1. The number of benzene rings is 1. The lowest BCUT2D eigenvalue weighted by Crippen LogP contribution is -2.48. The van der Waals surface area contributed by atoms with Crippen molar-refractivity contribution in [2.75, 3.05) is 26.0 Å². The number of nitrogens with two attached hydrogens (primary N) is 1. The first-order chi connectivity index (χ1) is 9.74. The molecule has 1 aromatic rings. The van der Waals surface area contributed by atoms with Crippen LogP contribution in [0.15, 0.2) is 29.2 Å². The lowest BCUT2D eigenvalue weighted by molar-refractivity contribution is -0.131. The van der Waals surface area contributed by atoms with E-state index in [2.05, 4.69) is 0 Å². The summed E-state index contributed by atoms with van der Waals surface area (Å²) in [5.74, 6) is 1.50. The van der Waals surface area contributed by atoms with Gasteiger partial charge in [-0.15, -0.1) is 11.8 Å². The maximum Gasteiger partial charge on any atom is 0.233 e. The van der Waals surface area contributed by atoms with Crippen LogP contribution in [-0.2, 0) is 4.79 Å². The molecular weight excluding hydrogens is 272 g/mol. The van der Waals surface area contributed by atoms with Crippen LogP contribution in [0.1, 0.15) is 19.3 Å². The quantitative estimate of drug-likeness (QED) is 0.845. The molecule has 0 aromatic heterocycles. The molecule has 5 heteroatoms. The molecule has 110 valence electrons. The summed E-state index contributed by atoms with van der Waals surface area (Å²) >= 11 is 1.57. The first-order valence-electron chi connectivity index (χ1n) is 7.01. The fourth-order valence-electron chi connectivity index (χ4n) is 2.47. The molecule has 20 heavy (non-hydrogen) atoms. The van der Waals surface area contributed by atoms with Crippen molar-refractivity contribution in [3.63, 3.8) is 0 Å². The predicted molar refractivity (Wildman–Crippen MR) is 82.1 cm³/mol. The highest BCUT2D eigenvalue weighted by molar-refractivity contribution is 8.00. The molecule has 4 nitrogen and oxygen atoms in total. The van der Waals surface area contributed by atoms with E-state index < -0.39 is 0 Å². The first kappa shape index (κ1) is 15.2. The first-order valence-corrected chi connectivity index (χ1v) is 7.99. The van der Waals surface area contributed by atoms with Crippen LogP contribution in [0.4, 0.5) is 0 Å². The van der Waals surface area contributed by atoms with Gasteiger partial charge in [0.2, 0.25) is 5.91 Å². The van der Waals surface area contributed by atoms with E-state index in [1.54, 1.807) is 18.9 Å². The molecule has 0 spiro atoms. The minimum Gasteiger partial charge on any atom is -0.497 e. The minimum absolute atomic E-state index is 0.195. The van der Waals surface area contributed by atoms with E-state index in [-0.39, 0.29) is 11.9 Å². The van der Waals surface area contributed by atoms with Gasteiger partial charge in [0.05, 0.1) is 12.9 Å². The van der Waals surface area contributed by atoms with Gasteiger partial charge in [-0.1, -0.05) is 0 Å². The lowest BCUT2D eigenvalue weighted by atomic mass is 10.0. The molecule has 2 rings (SSSR count). The Bertz CT molecular complexity index is 436. The van der Waals surface area contributed by atoms with Crippen molar-refractivity contribution in [3.05, 3.63) is 24.3 Å². The average molecular weight is 294 g/mol. The van der Waals surface area contributed by atoms with Gasteiger partial charge < -0.3 is 15.4 Å². The number of ether oxygens (including phenoxy) is 1. The largest absolute Gasteiger partial charge is 0.497 e. The Labute approximate surface area is 124 Å². The molecule has 2 N–H and O–H groups in total. The van der Waals surface area contributed by atoms with Gasteiger partial charge in [0, 0.05) is 24.0 Å². The predicted octanol–water partition coefficient (Wildman–Crippen LogP) is 2.13. The minimum atomic E-state index is 0.195. The number of amides is 1. The van der Waals surface area contributed by atoms with Crippen LogP contribution in [0, 0.1) is 0 Å². The topological polar surface area (TPSA) is 55.6 Å². The summed E-state index contributed by atoms with van der Waals surface area (Å²) in [5.41, 5.74) is 5.76. The molecule has 1 aliphatic heterocycles. The summed E-state index contributed by atoms with van der Waals surface area (Å²) in [6.07, 6.45) is 3.31. The van der Waals surface area contributed by atoms with Gasteiger partial charge in [0.15, 0.2) is 0 Å². The Morgan fingerprint density at radius 3 is 2.80 bits per heavy atom. The summed E-state index contributed by atoms with van der Waals surface area (Å²) in [5, 5.41) is 0. The molecule has 1 saturated heterocycles. The number of hydrogen-bond donors (Lipinski definition) is 1. The second kappa shape index (κ2) is 7.55. The zero-order valence-corrected chi connectivity index (χ0v) is 12.7. The number of thioether (sulfide) groups is 1. The summed E-state index contributed by atoms with van der Waals surface area (Å²) in [6.45, 7) is 1.42. The van der Waals surface area contributed by atoms with E-state index in [1.165, 1.54) is 6.42 Å². The molecule has 1 aromatic carbocycles. The molecule has 1 aliphatic rings. The zero-order chi connectivity index (χ0) is 14.4. The van der Waals surface area contributed by atoms with Crippen LogP contribution < -0.4 is 10.5 Å². The Balaban J connectivity index is 1.87. The summed E-state index contributed by atoms with van der Waals surface area (Å²) in [6, 6.07) is 8.01. The summed E-state index contributed by atoms with van der Waals surface area (Å²) < 4.78 is 5.12. The van der Waals surface area contributed by atoms with E-state index in [0.29, 0.717) is 12.3 Å². The van der Waals surface area contributed by atoms with Crippen LogP contribution in [0.3, 0.4) is 0 Å². The SMILES string of the molecule is COc1ccc(SCC(=O)N2CCCCC2CN)cc1. The van der Waals surface area contributed by atoms with Crippen molar-refractivity contribution in [2.45, 2.75) is 30.2 Å². The molecule has 0 radical (unpaired) electrons. The van der Waals surface area contributed by atoms with Gasteiger partial charge in [-0.2, -0.15) is 0 Å². The highest BCUT2D eigenvalue weighted by Gasteiger charge is 2.25. The van der Waals surface area contributed by atoms with Gasteiger partial charge in [0.1, 0.15) is 5.75 Å². The van der Waals surface area contributed by atoms with E-state index in [1.807, 2.05) is 29.2 Å². The van der Waals surface area contributed by atoms with Crippen LogP contribution >= 0.6 is 11.8 Å². The highest BCUT2D eigenvalue weighted by atomic mass is 32.2. The molecule has 0 aliphatic carbocycles. The molecule has 1 heterocycles. The Morgan fingerprint density at radius 2 is 2.15 bits per heavy atom. The lowest BCUT2D eigenvalue weighted by Gasteiger charge is -2.35. The second-order valence-corrected chi connectivity index (χ2v) is 5.99. The molecule has 0 saturated carbocycles. The fourth-order valence-corrected chi connectivity index (χ4v) is 3.26. The van der Waals surface area contributed by atoms with Crippen molar-refractivity contribution in [3.8, 4) is 5.75 Å². The van der Waals surface area contributed by atoms with Crippen LogP contribution in [0.2, 0.25) is 0 Å². The zero-order valence-electron chi connectivity index (χ0n) is 11.9.